The van der Waals surface area contributed by atoms with E-state index in [1.165, 1.54) is 13.8 Å². The maximum Gasteiger partial charge on any atom is 0.328 e. The summed E-state index contributed by atoms with van der Waals surface area (Å²) in [4.78, 5) is 21.9. The van der Waals surface area contributed by atoms with Crippen molar-refractivity contribution in [2.45, 2.75) is 32.9 Å². The summed E-state index contributed by atoms with van der Waals surface area (Å²) >= 11 is 0. The lowest BCUT2D eigenvalue weighted by atomic mass is 10.3. The minimum Gasteiger partial charge on any atom is -0.464 e. The van der Waals surface area contributed by atoms with E-state index in [1.54, 1.807) is 6.92 Å². The predicted octanol–water partition coefficient (Wildman–Crippen LogP) is -0.565. The first kappa shape index (κ1) is 11.9. The van der Waals surface area contributed by atoms with E-state index in [0.717, 1.165) is 0 Å². The molecule has 0 aliphatic carbocycles. The molecule has 0 spiro atoms. The molecular weight excluding hydrogens is 174 g/mol. The van der Waals surface area contributed by atoms with Crippen LogP contribution in [0.5, 0.6) is 0 Å². The first-order valence-electron chi connectivity index (χ1n) is 4.14. The van der Waals surface area contributed by atoms with E-state index in [2.05, 4.69) is 10.1 Å². The Labute approximate surface area is 77.1 Å². The summed E-state index contributed by atoms with van der Waals surface area (Å²) < 4.78 is 4.65. The standard InChI is InChI=1S/C8H15NO4/c1-4-13-8(12)5(2)9-7(11)6(3)10/h5-6,10H,4H2,1-3H3,(H,9,11). The quantitative estimate of drug-likeness (QED) is 0.581. The molecule has 5 nitrogen and oxygen atoms in total. The summed E-state index contributed by atoms with van der Waals surface area (Å²) in [5, 5.41) is 11.1. The van der Waals surface area contributed by atoms with Crippen LogP contribution in [0, 0.1) is 0 Å². The fraction of sp³-hybridized carbons (Fsp3) is 0.750. The number of aliphatic hydroxyl groups excluding tert-OH is 1. The molecule has 0 aliphatic rings. The first-order chi connectivity index (χ1) is 5.99. The van der Waals surface area contributed by atoms with E-state index >= 15 is 0 Å². The maximum absolute atomic E-state index is 11.0. The molecule has 13 heavy (non-hydrogen) atoms. The largest absolute Gasteiger partial charge is 0.464 e. The van der Waals surface area contributed by atoms with Gasteiger partial charge >= 0.3 is 5.97 Å². The lowest BCUT2D eigenvalue weighted by Crippen LogP contribution is -2.43. The molecule has 2 unspecified atom stereocenters. The van der Waals surface area contributed by atoms with Crippen molar-refractivity contribution in [1.82, 2.24) is 5.32 Å². The van der Waals surface area contributed by atoms with Crippen LogP contribution in [0.2, 0.25) is 0 Å². The van der Waals surface area contributed by atoms with Crippen LogP contribution < -0.4 is 5.32 Å². The molecule has 5 heteroatoms. The molecule has 0 aromatic carbocycles. The van der Waals surface area contributed by atoms with Gasteiger partial charge in [0.2, 0.25) is 5.91 Å². The Morgan fingerprint density at radius 3 is 2.38 bits per heavy atom. The van der Waals surface area contributed by atoms with Gasteiger partial charge in [0.25, 0.3) is 0 Å². The lowest BCUT2D eigenvalue weighted by molar-refractivity contribution is -0.147. The average molecular weight is 189 g/mol. The van der Waals surface area contributed by atoms with Gasteiger partial charge in [-0.25, -0.2) is 4.79 Å². The molecule has 0 aliphatic heterocycles. The Morgan fingerprint density at radius 2 is 2.00 bits per heavy atom. The Kier molecular flexibility index (Phi) is 5.06. The second-order valence-electron chi connectivity index (χ2n) is 2.66. The second-order valence-corrected chi connectivity index (χ2v) is 2.66. The SMILES string of the molecule is CCOC(=O)C(C)NC(=O)C(C)O. The molecule has 0 bridgehead atoms. The van der Waals surface area contributed by atoms with Crippen molar-refractivity contribution >= 4 is 11.9 Å². The lowest BCUT2D eigenvalue weighted by Gasteiger charge is -2.13. The zero-order valence-electron chi connectivity index (χ0n) is 8.03. The minimum absolute atomic E-state index is 0.272. The summed E-state index contributed by atoms with van der Waals surface area (Å²) in [6.07, 6.45) is -1.11. The number of hydrogen-bond acceptors (Lipinski definition) is 4. The van der Waals surface area contributed by atoms with Crippen LogP contribution >= 0.6 is 0 Å². The number of amides is 1. The van der Waals surface area contributed by atoms with Gasteiger partial charge in [0.1, 0.15) is 12.1 Å². The molecule has 0 heterocycles. The molecule has 0 rings (SSSR count). The number of aliphatic hydroxyl groups is 1. The normalized spacial score (nSPS) is 14.5. The molecular formula is C8H15NO4. The van der Waals surface area contributed by atoms with Crippen LogP contribution in [0.1, 0.15) is 20.8 Å². The topological polar surface area (TPSA) is 75.6 Å². The van der Waals surface area contributed by atoms with Gasteiger partial charge in [-0.1, -0.05) is 0 Å². The predicted molar refractivity (Wildman–Crippen MR) is 45.9 cm³/mol. The molecule has 0 saturated heterocycles. The van der Waals surface area contributed by atoms with Gasteiger partial charge < -0.3 is 15.2 Å². The summed E-state index contributed by atoms with van der Waals surface area (Å²) in [7, 11) is 0. The number of carbonyl (C=O) groups excluding carboxylic acids is 2. The highest BCUT2D eigenvalue weighted by atomic mass is 16.5. The smallest absolute Gasteiger partial charge is 0.328 e. The van der Waals surface area contributed by atoms with Crippen molar-refractivity contribution in [3.63, 3.8) is 0 Å². The monoisotopic (exact) mass is 189 g/mol. The zero-order chi connectivity index (χ0) is 10.4. The number of rotatable bonds is 4. The van der Waals surface area contributed by atoms with E-state index in [9.17, 15) is 9.59 Å². The Hall–Kier alpha value is -1.10. The second kappa shape index (κ2) is 5.53. The van der Waals surface area contributed by atoms with Gasteiger partial charge in [0, 0.05) is 0 Å². The Bertz CT molecular complexity index is 191. The van der Waals surface area contributed by atoms with Crippen LogP contribution in [-0.2, 0) is 14.3 Å². The number of nitrogens with one attached hydrogen (secondary N) is 1. The van der Waals surface area contributed by atoms with Crippen molar-refractivity contribution < 1.29 is 19.4 Å². The number of esters is 1. The van der Waals surface area contributed by atoms with Gasteiger partial charge in [0.05, 0.1) is 6.61 Å². The van der Waals surface area contributed by atoms with Crippen LogP contribution in [0.3, 0.4) is 0 Å². The number of ether oxygens (including phenoxy) is 1. The molecule has 0 aromatic rings. The van der Waals surface area contributed by atoms with Crippen molar-refractivity contribution in [2.24, 2.45) is 0 Å². The van der Waals surface area contributed by atoms with Gasteiger partial charge in [-0.15, -0.1) is 0 Å². The Morgan fingerprint density at radius 1 is 1.46 bits per heavy atom. The fourth-order valence-corrected chi connectivity index (χ4v) is 0.660. The minimum atomic E-state index is -1.11. The van der Waals surface area contributed by atoms with Crippen molar-refractivity contribution in [1.29, 1.82) is 0 Å². The third kappa shape index (κ3) is 4.47. The van der Waals surface area contributed by atoms with Crippen LogP contribution in [-0.4, -0.2) is 35.7 Å². The van der Waals surface area contributed by atoms with Gasteiger partial charge in [-0.3, -0.25) is 4.79 Å². The van der Waals surface area contributed by atoms with Gasteiger partial charge in [0.15, 0.2) is 0 Å². The highest BCUT2D eigenvalue weighted by molar-refractivity contribution is 5.86. The van der Waals surface area contributed by atoms with E-state index in [0.29, 0.717) is 0 Å². The van der Waals surface area contributed by atoms with Gasteiger partial charge in [-0.05, 0) is 20.8 Å². The van der Waals surface area contributed by atoms with E-state index in [-0.39, 0.29) is 6.61 Å². The zero-order valence-corrected chi connectivity index (χ0v) is 8.03. The molecule has 2 N–H and O–H groups in total. The molecule has 0 radical (unpaired) electrons. The summed E-state index contributed by atoms with van der Waals surface area (Å²) in [6, 6.07) is -0.720. The average Bonchev–Trinajstić information content (AvgIpc) is 2.04. The van der Waals surface area contributed by atoms with Crippen molar-refractivity contribution in [3.8, 4) is 0 Å². The fourth-order valence-electron chi connectivity index (χ4n) is 0.660. The van der Waals surface area contributed by atoms with Crippen LogP contribution in [0.25, 0.3) is 0 Å². The Balaban J connectivity index is 3.92. The highest BCUT2D eigenvalue weighted by Gasteiger charge is 2.18. The summed E-state index contributed by atoms with van der Waals surface area (Å²) in [5.41, 5.74) is 0. The molecule has 0 fully saturated rings. The molecule has 0 aromatic heterocycles. The van der Waals surface area contributed by atoms with Crippen LogP contribution in [0.15, 0.2) is 0 Å². The third-order valence-corrected chi connectivity index (χ3v) is 1.38. The summed E-state index contributed by atoms with van der Waals surface area (Å²) in [5.74, 6) is -1.09. The van der Waals surface area contributed by atoms with Gasteiger partial charge in [-0.2, -0.15) is 0 Å². The molecule has 1 amide bonds. The molecule has 0 saturated carbocycles. The molecule has 76 valence electrons. The molecule has 2 atom stereocenters. The van der Waals surface area contributed by atoms with Crippen molar-refractivity contribution in [2.75, 3.05) is 6.61 Å². The number of carbonyl (C=O) groups is 2. The van der Waals surface area contributed by atoms with Crippen molar-refractivity contribution in [3.05, 3.63) is 0 Å². The summed E-state index contributed by atoms with van der Waals surface area (Å²) in [6.45, 7) is 4.78. The third-order valence-electron chi connectivity index (χ3n) is 1.38. The van der Waals surface area contributed by atoms with E-state index < -0.39 is 24.0 Å². The first-order valence-corrected chi connectivity index (χ1v) is 4.14. The van der Waals surface area contributed by atoms with Crippen LogP contribution in [0.4, 0.5) is 0 Å². The van der Waals surface area contributed by atoms with E-state index in [1.807, 2.05) is 0 Å². The highest BCUT2D eigenvalue weighted by Crippen LogP contribution is 1.89. The maximum atomic E-state index is 11.0. The van der Waals surface area contributed by atoms with E-state index in [4.69, 9.17) is 5.11 Å². The number of hydrogen-bond donors (Lipinski definition) is 2.